The molecule has 5 nitrogen and oxygen atoms in total. The van der Waals surface area contributed by atoms with Crippen LogP contribution >= 0.6 is 0 Å². The molecule has 0 amide bonds. The zero-order valence-corrected chi connectivity index (χ0v) is 13.5. The van der Waals surface area contributed by atoms with E-state index in [9.17, 15) is 4.79 Å². The Balaban J connectivity index is 1.96. The number of allylic oxidation sites excluding steroid dienone is 1. The largest absolute Gasteiger partial charge is 0.493 e. The molecule has 0 aromatic heterocycles. The Morgan fingerprint density at radius 3 is 2.46 bits per heavy atom. The maximum Gasteiger partial charge on any atom is 0.335 e. The minimum atomic E-state index is -1.02. The van der Waals surface area contributed by atoms with E-state index in [1.165, 1.54) is 19.2 Å². The lowest BCUT2D eigenvalue weighted by Gasteiger charge is -2.13. The molecule has 2 aromatic carbocycles. The molecule has 24 heavy (non-hydrogen) atoms. The summed E-state index contributed by atoms with van der Waals surface area (Å²) in [6, 6.07) is 12.2. The van der Waals surface area contributed by atoms with Crippen molar-refractivity contribution in [1.29, 1.82) is 0 Å². The fraction of sp³-hybridized carbons (Fsp3) is 0.211. The molecule has 0 aliphatic rings. The molecule has 0 bridgehead atoms. The molecule has 0 unspecified atom stereocenters. The third-order valence-electron chi connectivity index (χ3n) is 3.35. The highest BCUT2D eigenvalue weighted by Gasteiger charge is 2.10. The molecule has 0 radical (unpaired) electrons. The molecule has 0 aliphatic carbocycles. The van der Waals surface area contributed by atoms with Crippen LogP contribution in [0.25, 0.3) is 0 Å². The zero-order valence-electron chi connectivity index (χ0n) is 13.5. The average Bonchev–Trinajstić information content (AvgIpc) is 2.60. The van der Waals surface area contributed by atoms with Gasteiger partial charge in [-0.15, -0.1) is 6.58 Å². The van der Waals surface area contributed by atoms with Gasteiger partial charge >= 0.3 is 5.97 Å². The maximum absolute atomic E-state index is 11.0. The van der Waals surface area contributed by atoms with Crippen molar-refractivity contribution in [3.63, 3.8) is 0 Å². The van der Waals surface area contributed by atoms with E-state index in [2.05, 4.69) is 6.58 Å². The Hall–Kier alpha value is -2.95. The standard InChI is InChI=1S/C19H20O5/c1-3-6-14-7-4-5-8-16(14)23-11-12-24-18-13-15(19(20)21)9-10-17(18)22-2/h3-5,7-10,13H,1,6,11-12H2,2H3,(H,20,21). The second kappa shape index (κ2) is 8.62. The normalized spacial score (nSPS) is 10.0. The van der Waals surface area contributed by atoms with Crippen LogP contribution < -0.4 is 14.2 Å². The number of carboxylic acid groups (broad SMARTS) is 1. The van der Waals surface area contributed by atoms with Crippen molar-refractivity contribution in [2.75, 3.05) is 20.3 Å². The third kappa shape index (κ3) is 4.52. The molecule has 0 aliphatic heterocycles. The lowest BCUT2D eigenvalue weighted by atomic mass is 10.1. The molecular formula is C19H20O5. The van der Waals surface area contributed by atoms with Gasteiger partial charge in [-0.3, -0.25) is 0 Å². The van der Waals surface area contributed by atoms with Crippen molar-refractivity contribution in [3.8, 4) is 17.2 Å². The summed E-state index contributed by atoms with van der Waals surface area (Å²) in [6.07, 6.45) is 2.55. The summed E-state index contributed by atoms with van der Waals surface area (Å²) >= 11 is 0. The number of hydrogen-bond acceptors (Lipinski definition) is 4. The first-order chi connectivity index (χ1) is 11.7. The van der Waals surface area contributed by atoms with Crippen LogP contribution in [0.4, 0.5) is 0 Å². The number of rotatable bonds is 9. The highest BCUT2D eigenvalue weighted by molar-refractivity contribution is 5.88. The van der Waals surface area contributed by atoms with Crippen molar-refractivity contribution in [2.45, 2.75) is 6.42 Å². The first kappa shape index (κ1) is 17.4. The van der Waals surface area contributed by atoms with Crippen LogP contribution in [0.15, 0.2) is 55.1 Å². The summed E-state index contributed by atoms with van der Waals surface area (Å²) in [4.78, 5) is 11.0. The van der Waals surface area contributed by atoms with Crippen molar-refractivity contribution in [3.05, 3.63) is 66.2 Å². The number of aromatic carboxylic acids is 1. The van der Waals surface area contributed by atoms with Gasteiger partial charge in [0.15, 0.2) is 11.5 Å². The van der Waals surface area contributed by atoms with Gasteiger partial charge in [0.25, 0.3) is 0 Å². The number of benzene rings is 2. The number of para-hydroxylation sites is 1. The van der Waals surface area contributed by atoms with Crippen LogP contribution in [-0.2, 0) is 6.42 Å². The van der Waals surface area contributed by atoms with Crippen LogP contribution in [0.5, 0.6) is 17.2 Å². The molecule has 1 N–H and O–H groups in total. The van der Waals surface area contributed by atoms with E-state index in [-0.39, 0.29) is 12.2 Å². The Bertz CT molecular complexity index is 709. The molecule has 0 atom stereocenters. The fourth-order valence-corrected chi connectivity index (χ4v) is 2.19. The van der Waals surface area contributed by atoms with Crippen LogP contribution in [-0.4, -0.2) is 31.4 Å². The first-order valence-electron chi connectivity index (χ1n) is 7.51. The molecule has 0 saturated heterocycles. The van der Waals surface area contributed by atoms with Crippen LogP contribution in [0.3, 0.4) is 0 Å². The van der Waals surface area contributed by atoms with E-state index < -0.39 is 5.97 Å². The van der Waals surface area contributed by atoms with E-state index in [1.54, 1.807) is 6.07 Å². The van der Waals surface area contributed by atoms with Crippen LogP contribution in [0, 0.1) is 0 Å². The van der Waals surface area contributed by atoms with Gasteiger partial charge in [-0.2, -0.15) is 0 Å². The average molecular weight is 328 g/mol. The predicted octanol–water partition coefficient (Wildman–Crippen LogP) is 3.58. The SMILES string of the molecule is C=CCc1ccccc1OCCOc1cc(C(=O)O)ccc1OC. The number of ether oxygens (including phenoxy) is 3. The van der Waals surface area contributed by atoms with Gasteiger partial charge in [-0.1, -0.05) is 24.3 Å². The van der Waals surface area contributed by atoms with Crippen LogP contribution in [0.1, 0.15) is 15.9 Å². The van der Waals surface area contributed by atoms with Crippen molar-refractivity contribution in [2.24, 2.45) is 0 Å². The molecule has 2 rings (SSSR count). The van der Waals surface area contributed by atoms with E-state index in [0.29, 0.717) is 18.1 Å². The van der Waals surface area contributed by atoms with Crippen molar-refractivity contribution in [1.82, 2.24) is 0 Å². The minimum absolute atomic E-state index is 0.142. The molecule has 0 fully saturated rings. The number of carboxylic acids is 1. The molecule has 5 heteroatoms. The Morgan fingerprint density at radius 1 is 1.08 bits per heavy atom. The Morgan fingerprint density at radius 2 is 1.79 bits per heavy atom. The summed E-state index contributed by atoms with van der Waals surface area (Å²) in [6.45, 7) is 4.33. The zero-order chi connectivity index (χ0) is 17.4. The first-order valence-corrected chi connectivity index (χ1v) is 7.51. The van der Waals surface area contributed by atoms with E-state index in [4.69, 9.17) is 19.3 Å². The highest BCUT2D eigenvalue weighted by Crippen LogP contribution is 2.28. The minimum Gasteiger partial charge on any atom is -0.493 e. The number of carbonyl (C=O) groups is 1. The van der Waals surface area contributed by atoms with E-state index in [1.807, 2.05) is 30.3 Å². The quantitative estimate of drug-likeness (QED) is 0.563. The lowest BCUT2D eigenvalue weighted by Crippen LogP contribution is -2.11. The monoisotopic (exact) mass is 328 g/mol. The van der Waals surface area contributed by atoms with Gasteiger partial charge < -0.3 is 19.3 Å². The maximum atomic E-state index is 11.0. The predicted molar refractivity (Wildman–Crippen MR) is 91.3 cm³/mol. The lowest BCUT2D eigenvalue weighted by molar-refractivity contribution is 0.0696. The Kier molecular flexibility index (Phi) is 6.25. The summed E-state index contributed by atoms with van der Waals surface area (Å²) < 4.78 is 16.5. The molecule has 0 spiro atoms. The third-order valence-corrected chi connectivity index (χ3v) is 3.35. The summed E-state index contributed by atoms with van der Waals surface area (Å²) in [5.74, 6) is 0.622. The van der Waals surface area contributed by atoms with Gasteiger partial charge in [0.2, 0.25) is 0 Å². The molecule has 2 aromatic rings. The molecular weight excluding hydrogens is 308 g/mol. The number of methoxy groups -OCH3 is 1. The van der Waals surface area contributed by atoms with Gasteiger partial charge in [-0.05, 0) is 36.2 Å². The van der Waals surface area contributed by atoms with E-state index >= 15 is 0 Å². The van der Waals surface area contributed by atoms with Crippen molar-refractivity contribution >= 4 is 5.97 Å². The fourth-order valence-electron chi connectivity index (χ4n) is 2.19. The second-order valence-corrected chi connectivity index (χ2v) is 4.97. The van der Waals surface area contributed by atoms with Gasteiger partial charge in [0.1, 0.15) is 19.0 Å². The van der Waals surface area contributed by atoms with Gasteiger partial charge in [-0.25, -0.2) is 4.79 Å². The molecule has 0 heterocycles. The smallest absolute Gasteiger partial charge is 0.335 e. The van der Waals surface area contributed by atoms with Gasteiger partial charge in [0, 0.05) is 0 Å². The summed E-state index contributed by atoms with van der Waals surface area (Å²) in [5.41, 5.74) is 1.20. The molecule has 0 saturated carbocycles. The second-order valence-electron chi connectivity index (χ2n) is 4.97. The Labute approximate surface area is 141 Å². The highest BCUT2D eigenvalue weighted by atomic mass is 16.5. The topological polar surface area (TPSA) is 65.0 Å². The van der Waals surface area contributed by atoms with Crippen LogP contribution in [0.2, 0.25) is 0 Å². The summed E-state index contributed by atoms with van der Waals surface area (Å²) in [7, 11) is 1.50. The molecule has 126 valence electrons. The summed E-state index contributed by atoms with van der Waals surface area (Å²) in [5, 5.41) is 9.05. The van der Waals surface area contributed by atoms with E-state index in [0.717, 1.165) is 17.7 Å². The number of hydrogen-bond donors (Lipinski definition) is 1. The van der Waals surface area contributed by atoms with Crippen molar-refractivity contribution < 1.29 is 24.1 Å². The van der Waals surface area contributed by atoms with Gasteiger partial charge in [0.05, 0.1) is 12.7 Å².